The molecule has 3 N–H and O–H groups in total. The van der Waals surface area contributed by atoms with E-state index in [1.165, 1.54) is 0 Å². The van der Waals surface area contributed by atoms with E-state index < -0.39 is 12.0 Å². The zero-order valence-corrected chi connectivity index (χ0v) is 13.6. The summed E-state index contributed by atoms with van der Waals surface area (Å²) in [6, 6.07) is 21.1. The molecule has 0 aliphatic carbocycles. The molecule has 124 valence electrons. The smallest absolute Gasteiger partial charge is 0.326 e. The molecule has 4 rings (SSSR count). The number of carbonyl (C=O) groups is 1. The summed E-state index contributed by atoms with van der Waals surface area (Å²) >= 11 is 0. The first-order chi connectivity index (χ1) is 12.2. The van der Waals surface area contributed by atoms with Gasteiger partial charge in [-0.05, 0) is 23.1 Å². The van der Waals surface area contributed by atoms with Crippen molar-refractivity contribution >= 4 is 33.3 Å². The van der Waals surface area contributed by atoms with Crippen molar-refractivity contribution in [2.45, 2.75) is 12.5 Å². The minimum atomic E-state index is -0.863. The SMILES string of the molecule is O=C(O)[C@H](Cc1c[nH]c2ccccc12)Nc1cccc2ccccc12. The summed E-state index contributed by atoms with van der Waals surface area (Å²) in [4.78, 5) is 15.0. The molecule has 1 heterocycles. The van der Waals surface area contributed by atoms with E-state index in [0.29, 0.717) is 6.42 Å². The van der Waals surface area contributed by atoms with Crippen molar-refractivity contribution in [3.05, 3.63) is 78.5 Å². The number of aliphatic carboxylic acids is 1. The second-order valence-corrected chi connectivity index (χ2v) is 6.13. The third-order valence-corrected chi connectivity index (χ3v) is 4.52. The van der Waals surface area contributed by atoms with Crippen molar-refractivity contribution in [2.75, 3.05) is 5.32 Å². The fourth-order valence-electron chi connectivity index (χ4n) is 3.26. The van der Waals surface area contributed by atoms with Gasteiger partial charge in [0.1, 0.15) is 6.04 Å². The Morgan fingerprint density at radius 2 is 1.68 bits per heavy atom. The molecule has 0 fully saturated rings. The van der Waals surface area contributed by atoms with Crippen LogP contribution in [0.4, 0.5) is 5.69 Å². The lowest BCUT2D eigenvalue weighted by Crippen LogP contribution is -2.31. The summed E-state index contributed by atoms with van der Waals surface area (Å²) in [5.41, 5.74) is 2.85. The van der Waals surface area contributed by atoms with Crippen LogP contribution in [0.3, 0.4) is 0 Å². The van der Waals surface area contributed by atoms with Gasteiger partial charge in [0.05, 0.1) is 0 Å². The maximum absolute atomic E-state index is 11.8. The van der Waals surface area contributed by atoms with Gasteiger partial charge in [-0.2, -0.15) is 0 Å². The number of aromatic nitrogens is 1. The molecular weight excluding hydrogens is 312 g/mol. The van der Waals surface area contributed by atoms with E-state index in [1.807, 2.05) is 72.9 Å². The fourth-order valence-corrected chi connectivity index (χ4v) is 3.26. The fraction of sp³-hybridized carbons (Fsp3) is 0.0952. The highest BCUT2D eigenvalue weighted by Gasteiger charge is 2.20. The lowest BCUT2D eigenvalue weighted by atomic mass is 10.0. The van der Waals surface area contributed by atoms with E-state index in [4.69, 9.17) is 0 Å². The first kappa shape index (κ1) is 15.3. The monoisotopic (exact) mass is 330 g/mol. The molecule has 1 aromatic heterocycles. The zero-order chi connectivity index (χ0) is 17.2. The quantitative estimate of drug-likeness (QED) is 0.507. The van der Waals surface area contributed by atoms with Gasteiger partial charge in [-0.1, -0.05) is 54.6 Å². The molecule has 0 unspecified atom stereocenters. The van der Waals surface area contributed by atoms with E-state index in [9.17, 15) is 9.90 Å². The summed E-state index contributed by atoms with van der Waals surface area (Å²) in [5.74, 6) is -0.863. The van der Waals surface area contributed by atoms with E-state index in [0.717, 1.165) is 32.9 Å². The van der Waals surface area contributed by atoms with E-state index in [-0.39, 0.29) is 0 Å². The van der Waals surface area contributed by atoms with Crippen LogP contribution in [-0.2, 0) is 11.2 Å². The Balaban J connectivity index is 1.67. The molecular formula is C21H18N2O2. The molecule has 0 bridgehead atoms. The van der Waals surface area contributed by atoms with Crippen molar-refractivity contribution in [3.8, 4) is 0 Å². The number of aromatic amines is 1. The van der Waals surface area contributed by atoms with Crippen molar-refractivity contribution in [1.82, 2.24) is 4.98 Å². The number of nitrogens with one attached hydrogen (secondary N) is 2. The van der Waals surface area contributed by atoms with Gasteiger partial charge in [0.15, 0.2) is 0 Å². The van der Waals surface area contributed by atoms with Gasteiger partial charge in [-0.15, -0.1) is 0 Å². The van der Waals surface area contributed by atoms with Gasteiger partial charge in [0, 0.05) is 34.6 Å². The van der Waals surface area contributed by atoms with Crippen LogP contribution in [-0.4, -0.2) is 22.1 Å². The Bertz CT molecular complexity index is 1050. The molecule has 0 aliphatic heterocycles. The first-order valence-electron chi connectivity index (χ1n) is 8.24. The lowest BCUT2D eigenvalue weighted by molar-refractivity contribution is -0.137. The normalized spacial score (nSPS) is 12.3. The summed E-state index contributed by atoms with van der Waals surface area (Å²) in [6.45, 7) is 0. The minimum Gasteiger partial charge on any atom is -0.480 e. The second-order valence-electron chi connectivity index (χ2n) is 6.13. The number of H-pyrrole nitrogens is 1. The molecule has 0 saturated heterocycles. The Morgan fingerprint density at radius 1 is 0.960 bits per heavy atom. The van der Waals surface area contributed by atoms with Crippen LogP contribution >= 0.6 is 0 Å². The maximum atomic E-state index is 11.8. The van der Waals surface area contributed by atoms with Crippen LogP contribution in [0.25, 0.3) is 21.7 Å². The van der Waals surface area contributed by atoms with Crippen molar-refractivity contribution in [2.24, 2.45) is 0 Å². The van der Waals surface area contributed by atoms with Crippen LogP contribution in [0.5, 0.6) is 0 Å². The van der Waals surface area contributed by atoms with Crippen molar-refractivity contribution < 1.29 is 9.90 Å². The Morgan fingerprint density at radius 3 is 2.52 bits per heavy atom. The summed E-state index contributed by atoms with van der Waals surface area (Å²) < 4.78 is 0. The molecule has 4 aromatic rings. The largest absolute Gasteiger partial charge is 0.480 e. The summed E-state index contributed by atoms with van der Waals surface area (Å²) in [6.07, 6.45) is 2.30. The number of carboxylic acids is 1. The lowest BCUT2D eigenvalue weighted by Gasteiger charge is -2.17. The number of para-hydroxylation sites is 1. The van der Waals surface area contributed by atoms with E-state index in [1.54, 1.807) is 0 Å². The molecule has 0 spiro atoms. The van der Waals surface area contributed by atoms with Gasteiger partial charge >= 0.3 is 5.97 Å². The third-order valence-electron chi connectivity index (χ3n) is 4.52. The number of rotatable bonds is 5. The molecule has 4 nitrogen and oxygen atoms in total. The number of fused-ring (bicyclic) bond motifs is 2. The molecule has 0 saturated carbocycles. The Hall–Kier alpha value is -3.27. The predicted octanol–water partition coefficient (Wildman–Crippen LogP) is 4.43. The van der Waals surface area contributed by atoms with Gasteiger partial charge in [0.2, 0.25) is 0 Å². The molecule has 0 aliphatic rings. The number of benzene rings is 3. The summed E-state index contributed by atoms with van der Waals surface area (Å²) in [5, 5.41) is 16.1. The molecule has 0 radical (unpaired) electrons. The highest BCUT2D eigenvalue weighted by Crippen LogP contribution is 2.25. The van der Waals surface area contributed by atoms with Crippen LogP contribution in [0, 0.1) is 0 Å². The highest BCUT2D eigenvalue weighted by atomic mass is 16.4. The molecule has 3 aromatic carbocycles. The van der Waals surface area contributed by atoms with Crippen LogP contribution in [0.15, 0.2) is 72.9 Å². The van der Waals surface area contributed by atoms with Gasteiger partial charge in [0.25, 0.3) is 0 Å². The standard InChI is InChI=1S/C21H18N2O2/c24-21(25)20(12-15-13-22-18-10-4-3-9-17(15)18)23-19-11-5-7-14-6-1-2-8-16(14)19/h1-11,13,20,22-23H,12H2,(H,24,25)/t20-/m0/s1. The van der Waals surface area contributed by atoms with Crippen molar-refractivity contribution in [1.29, 1.82) is 0 Å². The molecule has 0 amide bonds. The van der Waals surface area contributed by atoms with Gasteiger partial charge in [-0.25, -0.2) is 4.79 Å². The minimum absolute atomic E-state index is 0.405. The Kier molecular flexibility index (Phi) is 3.86. The van der Waals surface area contributed by atoms with Crippen LogP contribution in [0.1, 0.15) is 5.56 Å². The number of hydrogen-bond acceptors (Lipinski definition) is 2. The van der Waals surface area contributed by atoms with Crippen LogP contribution < -0.4 is 5.32 Å². The van der Waals surface area contributed by atoms with Gasteiger partial charge in [-0.3, -0.25) is 0 Å². The first-order valence-corrected chi connectivity index (χ1v) is 8.24. The van der Waals surface area contributed by atoms with Crippen LogP contribution in [0.2, 0.25) is 0 Å². The molecule has 25 heavy (non-hydrogen) atoms. The van der Waals surface area contributed by atoms with E-state index in [2.05, 4.69) is 10.3 Å². The second kappa shape index (κ2) is 6.32. The average molecular weight is 330 g/mol. The molecule has 4 heteroatoms. The van der Waals surface area contributed by atoms with Gasteiger partial charge < -0.3 is 15.4 Å². The maximum Gasteiger partial charge on any atom is 0.326 e. The number of hydrogen-bond donors (Lipinski definition) is 3. The predicted molar refractivity (Wildman–Crippen MR) is 101 cm³/mol. The number of carboxylic acid groups (broad SMARTS) is 1. The molecule has 1 atom stereocenters. The summed E-state index contributed by atoms with van der Waals surface area (Å²) in [7, 11) is 0. The zero-order valence-electron chi connectivity index (χ0n) is 13.6. The average Bonchev–Trinajstić information content (AvgIpc) is 3.04. The highest BCUT2D eigenvalue weighted by molar-refractivity contribution is 5.95. The Labute approximate surface area is 145 Å². The van der Waals surface area contributed by atoms with Crippen molar-refractivity contribution in [3.63, 3.8) is 0 Å². The van der Waals surface area contributed by atoms with E-state index >= 15 is 0 Å². The number of anilines is 1. The third kappa shape index (κ3) is 2.94. The topological polar surface area (TPSA) is 65.1 Å².